The summed E-state index contributed by atoms with van der Waals surface area (Å²) in [7, 11) is 0. The number of rotatable bonds is 2. The van der Waals surface area contributed by atoms with Crippen LogP contribution in [0, 0.1) is 0 Å². The molecule has 0 spiro atoms. The minimum absolute atomic E-state index is 0.578. The average Bonchev–Trinajstić information content (AvgIpc) is 2.27. The third kappa shape index (κ3) is 1.59. The van der Waals surface area contributed by atoms with E-state index in [-0.39, 0.29) is 0 Å². The SMILES string of the molecule is N[C@H](CF)c1ccc2ccccc2n1. The maximum absolute atomic E-state index is 12.3. The van der Waals surface area contributed by atoms with E-state index < -0.39 is 12.7 Å². The Kier molecular flexibility index (Phi) is 2.41. The first-order valence-electron chi connectivity index (χ1n) is 4.48. The lowest BCUT2D eigenvalue weighted by Crippen LogP contribution is -2.13. The number of nitrogens with two attached hydrogens (primary N) is 1. The molecule has 0 aliphatic carbocycles. The van der Waals surface area contributed by atoms with Crippen LogP contribution in [0.3, 0.4) is 0 Å². The Hall–Kier alpha value is -1.48. The molecular formula is C11H11FN2. The molecule has 0 fully saturated rings. The van der Waals surface area contributed by atoms with E-state index in [4.69, 9.17) is 5.73 Å². The van der Waals surface area contributed by atoms with Gasteiger partial charge in [0.25, 0.3) is 0 Å². The second-order valence-electron chi connectivity index (χ2n) is 3.19. The van der Waals surface area contributed by atoms with Gasteiger partial charge in [0.05, 0.1) is 17.3 Å². The van der Waals surface area contributed by atoms with Gasteiger partial charge < -0.3 is 5.73 Å². The summed E-state index contributed by atoms with van der Waals surface area (Å²) in [6.07, 6.45) is 0. The van der Waals surface area contributed by atoms with Crippen LogP contribution in [0.1, 0.15) is 11.7 Å². The highest BCUT2D eigenvalue weighted by molar-refractivity contribution is 5.78. The summed E-state index contributed by atoms with van der Waals surface area (Å²) in [6, 6.07) is 10.8. The van der Waals surface area contributed by atoms with E-state index in [1.165, 1.54) is 0 Å². The molecule has 1 atom stereocenters. The van der Waals surface area contributed by atoms with Crippen molar-refractivity contribution in [3.8, 4) is 0 Å². The molecule has 14 heavy (non-hydrogen) atoms. The largest absolute Gasteiger partial charge is 0.321 e. The van der Waals surface area contributed by atoms with Gasteiger partial charge in [0.1, 0.15) is 6.67 Å². The predicted molar refractivity (Wildman–Crippen MR) is 54.6 cm³/mol. The molecule has 1 aromatic carbocycles. The lowest BCUT2D eigenvalue weighted by Gasteiger charge is -2.06. The fourth-order valence-corrected chi connectivity index (χ4v) is 1.37. The monoisotopic (exact) mass is 190 g/mol. The van der Waals surface area contributed by atoms with Crippen LogP contribution in [0.15, 0.2) is 36.4 Å². The fraction of sp³-hybridized carbons (Fsp3) is 0.182. The number of hydrogen-bond acceptors (Lipinski definition) is 2. The molecule has 2 nitrogen and oxygen atoms in total. The Labute approximate surface area is 81.6 Å². The van der Waals surface area contributed by atoms with Crippen molar-refractivity contribution in [3.05, 3.63) is 42.1 Å². The molecule has 1 heterocycles. The molecule has 0 radical (unpaired) electrons. The molecule has 2 rings (SSSR count). The summed E-state index contributed by atoms with van der Waals surface area (Å²) >= 11 is 0. The second-order valence-corrected chi connectivity index (χ2v) is 3.19. The maximum atomic E-state index is 12.3. The number of nitrogens with zero attached hydrogens (tertiary/aromatic N) is 1. The average molecular weight is 190 g/mol. The highest BCUT2D eigenvalue weighted by Gasteiger charge is 2.06. The molecule has 2 N–H and O–H groups in total. The fourth-order valence-electron chi connectivity index (χ4n) is 1.37. The summed E-state index contributed by atoms with van der Waals surface area (Å²) in [5.74, 6) is 0. The smallest absolute Gasteiger partial charge is 0.110 e. The van der Waals surface area contributed by atoms with E-state index in [1.54, 1.807) is 6.07 Å². The Morgan fingerprint density at radius 3 is 2.79 bits per heavy atom. The van der Waals surface area contributed by atoms with E-state index >= 15 is 0 Å². The van der Waals surface area contributed by atoms with Gasteiger partial charge >= 0.3 is 0 Å². The highest BCUT2D eigenvalue weighted by atomic mass is 19.1. The van der Waals surface area contributed by atoms with E-state index in [0.29, 0.717) is 5.69 Å². The van der Waals surface area contributed by atoms with Crippen molar-refractivity contribution < 1.29 is 4.39 Å². The number of pyridine rings is 1. The van der Waals surface area contributed by atoms with Gasteiger partial charge in [-0.3, -0.25) is 4.98 Å². The van der Waals surface area contributed by atoms with E-state index in [0.717, 1.165) is 10.9 Å². The van der Waals surface area contributed by atoms with Gasteiger partial charge in [-0.05, 0) is 12.1 Å². The molecule has 3 heteroatoms. The Morgan fingerprint density at radius 1 is 1.21 bits per heavy atom. The lowest BCUT2D eigenvalue weighted by atomic mass is 10.1. The number of benzene rings is 1. The molecule has 2 aromatic rings. The van der Waals surface area contributed by atoms with Crippen LogP contribution >= 0.6 is 0 Å². The van der Waals surface area contributed by atoms with Gasteiger partial charge in [-0.15, -0.1) is 0 Å². The van der Waals surface area contributed by atoms with Crippen molar-refractivity contribution in [2.45, 2.75) is 6.04 Å². The molecule has 0 bridgehead atoms. The maximum Gasteiger partial charge on any atom is 0.110 e. The van der Waals surface area contributed by atoms with Gasteiger partial charge in [-0.1, -0.05) is 24.3 Å². The Morgan fingerprint density at radius 2 is 2.00 bits per heavy atom. The summed E-state index contributed by atoms with van der Waals surface area (Å²) in [4.78, 5) is 4.28. The van der Waals surface area contributed by atoms with Crippen molar-refractivity contribution in [1.29, 1.82) is 0 Å². The first-order chi connectivity index (χ1) is 6.81. The van der Waals surface area contributed by atoms with Crippen molar-refractivity contribution in [1.82, 2.24) is 4.98 Å². The number of hydrogen-bond donors (Lipinski definition) is 1. The standard InChI is InChI=1S/C11H11FN2/c12-7-9(13)11-6-5-8-3-1-2-4-10(8)14-11/h1-6,9H,7,13H2/t9-/m1/s1. The summed E-state index contributed by atoms with van der Waals surface area (Å²) in [5, 5.41) is 1.04. The Balaban J connectivity index is 2.51. The quantitative estimate of drug-likeness (QED) is 0.788. The summed E-state index contributed by atoms with van der Waals surface area (Å²) in [5.41, 5.74) is 7.01. The molecule has 0 aliphatic heterocycles. The van der Waals surface area contributed by atoms with Crippen LogP contribution in [0.5, 0.6) is 0 Å². The van der Waals surface area contributed by atoms with Crippen LogP contribution in [-0.2, 0) is 0 Å². The number of aromatic nitrogens is 1. The Bertz CT molecular complexity index is 442. The first kappa shape index (κ1) is 9.09. The zero-order valence-corrected chi connectivity index (χ0v) is 7.65. The number of alkyl halides is 1. The van der Waals surface area contributed by atoms with Gasteiger partial charge in [-0.25, -0.2) is 4.39 Å². The lowest BCUT2D eigenvalue weighted by molar-refractivity contribution is 0.432. The number of halogens is 1. The minimum Gasteiger partial charge on any atom is -0.321 e. The van der Waals surface area contributed by atoms with Crippen LogP contribution < -0.4 is 5.73 Å². The highest BCUT2D eigenvalue weighted by Crippen LogP contribution is 2.15. The second kappa shape index (κ2) is 3.72. The minimum atomic E-state index is -0.611. The molecule has 0 saturated heterocycles. The van der Waals surface area contributed by atoms with Crippen molar-refractivity contribution >= 4 is 10.9 Å². The number of para-hydroxylation sites is 1. The van der Waals surface area contributed by atoms with Crippen molar-refractivity contribution in [2.24, 2.45) is 5.73 Å². The third-order valence-corrected chi connectivity index (χ3v) is 2.17. The zero-order valence-electron chi connectivity index (χ0n) is 7.65. The van der Waals surface area contributed by atoms with Gasteiger partial charge in [0.15, 0.2) is 0 Å². The summed E-state index contributed by atoms with van der Waals surface area (Å²) in [6.45, 7) is -0.578. The van der Waals surface area contributed by atoms with Crippen LogP contribution in [0.2, 0.25) is 0 Å². The van der Waals surface area contributed by atoms with Crippen molar-refractivity contribution in [3.63, 3.8) is 0 Å². The van der Waals surface area contributed by atoms with Crippen LogP contribution in [-0.4, -0.2) is 11.7 Å². The van der Waals surface area contributed by atoms with Gasteiger partial charge in [-0.2, -0.15) is 0 Å². The normalized spacial score (nSPS) is 13.0. The molecule has 0 aliphatic rings. The van der Waals surface area contributed by atoms with Gasteiger partial charge in [0.2, 0.25) is 0 Å². The van der Waals surface area contributed by atoms with Crippen LogP contribution in [0.4, 0.5) is 4.39 Å². The zero-order chi connectivity index (χ0) is 9.97. The van der Waals surface area contributed by atoms with E-state index in [2.05, 4.69) is 4.98 Å². The first-order valence-corrected chi connectivity index (χ1v) is 4.48. The molecule has 1 aromatic heterocycles. The molecular weight excluding hydrogens is 179 g/mol. The van der Waals surface area contributed by atoms with Gasteiger partial charge in [0, 0.05) is 5.39 Å². The van der Waals surface area contributed by atoms with E-state index in [1.807, 2.05) is 30.3 Å². The third-order valence-electron chi connectivity index (χ3n) is 2.17. The predicted octanol–water partition coefficient (Wildman–Crippen LogP) is 2.20. The van der Waals surface area contributed by atoms with E-state index in [9.17, 15) is 4.39 Å². The molecule has 72 valence electrons. The summed E-state index contributed by atoms with van der Waals surface area (Å²) < 4.78 is 12.3. The number of fused-ring (bicyclic) bond motifs is 1. The molecule has 0 saturated carbocycles. The van der Waals surface area contributed by atoms with Crippen LogP contribution in [0.25, 0.3) is 10.9 Å². The molecule has 0 unspecified atom stereocenters. The van der Waals surface area contributed by atoms with Crippen molar-refractivity contribution in [2.75, 3.05) is 6.67 Å². The topological polar surface area (TPSA) is 38.9 Å². The molecule has 0 amide bonds.